The molecule has 0 aliphatic carbocycles. The van der Waals surface area contributed by atoms with Gasteiger partial charge in [-0.15, -0.1) is 0 Å². The summed E-state index contributed by atoms with van der Waals surface area (Å²) in [5.74, 6) is -0.400. The zero-order valence-electron chi connectivity index (χ0n) is 10.0. The van der Waals surface area contributed by atoms with Gasteiger partial charge in [-0.05, 0) is 6.07 Å². The van der Waals surface area contributed by atoms with E-state index < -0.39 is 23.8 Å². The van der Waals surface area contributed by atoms with Crippen molar-refractivity contribution in [3.63, 3.8) is 0 Å². The summed E-state index contributed by atoms with van der Waals surface area (Å²) in [6.45, 7) is 0. The van der Waals surface area contributed by atoms with E-state index in [2.05, 4.69) is 0 Å². The van der Waals surface area contributed by atoms with E-state index in [0.717, 1.165) is 12.1 Å². The van der Waals surface area contributed by atoms with Crippen molar-refractivity contribution in [1.29, 1.82) is 0 Å². The van der Waals surface area contributed by atoms with E-state index in [9.17, 15) is 18.0 Å². The van der Waals surface area contributed by atoms with Crippen molar-refractivity contribution in [2.75, 3.05) is 7.11 Å². The Morgan fingerprint density at radius 1 is 1.32 bits per heavy atom. The average molecular weight is 272 g/mol. The summed E-state index contributed by atoms with van der Waals surface area (Å²) < 4.78 is 48.5. The second-order valence-corrected chi connectivity index (χ2v) is 4.03. The molecule has 6 heteroatoms. The third-order valence-corrected chi connectivity index (χ3v) is 2.80. The van der Waals surface area contributed by atoms with Crippen LogP contribution in [0.25, 0.3) is 0 Å². The van der Waals surface area contributed by atoms with Gasteiger partial charge in [-0.2, -0.15) is 13.2 Å². The van der Waals surface area contributed by atoms with Crippen molar-refractivity contribution in [2.45, 2.75) is 18.7 Å². The number of cyclic esters (lactones) is 1. The van der Waals surface area contributed by atoms with Crippen molar-refractivity contribution in [3.8, 4) is 0 Å². The first-order valence-electron chi connectivity index (χ1n) is 5.53. The van der Waals surface area contributed by atoms with Gasteiger partial charge < -0.3 is 9.47 Å². The van der Waals surface area contributed by atoms with Crippen molar-refractivity contribution < 1.29 is 27.4 Å². The summed E-state index contributed by atoms with van der Waals surface area (Å²) in [5.41, 5.74) is -0.865. The van der Waals surface area contributed by atoms with Gasteiger partial charge in [-0.25, -0.2) is 4.79 Å². The monoisotopic (exact) mass is 272 g/mol. The van der Waals surface area contributed by atoms with Crippen molar-refractivity contribution in [2.24, 2.45) is 0 Å². The number of rotatable bonds is 2. The van der Waals surface area contributed by atoms with E-state index in [1.54, 1.807) is 0 Å². The maximum absolute atomic E-state index is 12.9. The molecule has 1 unspecified atom stereocenters. The first-order chi connectivity index (χ1) is 8.91. The zero-order chi connectivity index (χ0) is 14.0. The third kappa shape index (κ3) is 2.89. The molecule has 19 heavy (non-hydrogen) atoms. The number of ether oxygens (including phenoxy) is 2. The van der Waals surface area contributed by atoms with Gasteiger partial charge in [0, 0.05) is 12.0 Å². The molecule has 0 spiro atoms. The van der Waals surface area contributed by atoms with Gasteiger partial charge in [0.25, 0.3) is 0 Å². The molecule has 1 aromatic rings. The van der Waals surface area contributed by atoms with Crippen LogP contribution in [0, 0.1) is 0 Å². The number of hydrogen-bond donors (Lipinski definition) is 0. The normalized spacial score (nSPS) is 19.7. The summed E-state index contributed by atoms with van der Waals surface area (Å²) in [4.78, 5) is 11.3. The smallest absolute Gasteiger partial charge is 0.416 e. The van der Waals surface area contributed by atoms with E-state index in [-0.39, 0.29) is 12.0 Å². The standard InChI is InChI=1S/C13H11F3O3/c1-18-8-6-11(19-12(17)7-8)9-4-2-3-5-10(9)13(14,15)16/h2-5,7,11H,6H2,1H3. The fraction of sp³-hybridized carbons (Fsp3) is 0.308. The fourth-order valence-corrected chi connectivity index (χ4v) is 1.94. The van der Waals surface area contributed by atoms with Crippen molar-refractivity contribution in [1.82, 2.24) is 0 Å². The minimum atomic E-state index is -4.49. The van der Waals surface area contributed by atoms with Crippen LogP contribution in [0.3, 0.4) is 0 Å². The van der Waals surface area contributed by atoms with Gasteiger partial charge in [-0.3, -0.25) is 0 Å². The molecule has 2 rings (SSSR count). The molecular formula is C13H11F3O3. The number of halogens is 3. The van der Waals surface area contributed by atoms with Gasteiger partial charge >= 0.3 is 12.1 Å². The molecule has 1 aromatic carbocycles. The number of methoxy groups -OCH3 is 1. The lowest BCUT2D eigenvalue weighted by atomic mass is 9.98. The van der Waals surface area contributed by atoms with Crippen LogP contribution in [0.4, 0.5) is 13.2 Å². The molecule has 1 aliphatic heterocycles. The topological polar surface area (TPSA) is 35.5 Å². The highest BCUT2D eigenvalue weighted by atomic mass is 19.4. The first-order valence-corrected chi connectivity index (χ1v) is 5.53. The molecule has 3 nitrogen and oxygen atoms in total. The fourth-order valence-electron chi connectivity index (χ4n) is 1.94. The molecule has 0 saturated heterocycles. The van der Waals surface area contributed by atoms with Crippen LogP contribution in [0.15, 0.2) is 36.1 Å². The number of benzene rings is 1. The van der Waals surface area contributed by atoms with Gasteiger partial charge in [-0.1, -0.05) is 18.2 Å². The molecule has 1 aliphatic rings. The van der Waals surface area contributed by atoms with E-state index in [1.807, 2.05) is 0 Å². The summed E-state index contributed by atoms with van der Waals surface area (Å²) in [7, 11) is 1.36. The Labute approximate surface area is 107 Å². The Kier molecular flexibility index (Phi) is 3.50. The van der Waals surface area contributed by atoms with Crippen LogP contribution in [0.1, 0.15) is 23.7 Å². The predicted molar refractivity (Wildman–Crippen MR) is 60.0 cm³/mol. The number of alkyl halides is 3. The van der Waals surface area contributed by atoms with Gasteiger partial charge in [0.2, 0.25) is 0 Å². The first kappa shape index (κ1) is 13.5. The molecule has 0 amide bonds. The molecule has 0 radical (unpaired) electrons. The minimum Gasteiger partial charge on any atom is -0.501 e. The number of carbonyl (C=O) groups is 1. The number of hydrogen-bond acceptors (Lipinski definition) is 3. The number of esters is 1. The summed E-state index contributed by atoms with van der Waals surface area (Å²) in [6, 6.07) is 5.04. The van der Waals surface area contributed by atoms with E-state index in [0.29, 0.717) is 5.76 Å². The largest absolute Gasteiger partial charge is 0.501 e. The summed E-state index contributed by atoms with van der Waals surface area (Å²) >= 11 is 0. The highest BCUT2D eigenvalue weighted by Gasteiger charge is 2.37. The second-order valence-electron chi connectivity index (χ2n) is 4.03. The SMILES string of the molecule is COC1=CC(=O)OC(c2ccccc2C(F)(F)F)C1. The Morgan fingerprint density at radius 2 is 2.00 bits per heavy atom. The van der Waals surface area contributed by atoms with Crippen molar-refractivity contribution >= 4 is 5.97 Å². The Hall–Kier alpha value is -1.98. The maximum atomic E-state index is 12.9. The Morgan fingerprint density at radius 3 is 2.63 bits per heavy atom. The highest BCUT2D eigenvalue weighted by Crippen LogP contribution is 2.38. The second kappa shape index (κ2) is 4.95. The lowest BCUT2D eigenvalue weighted by Crippen LogP contribution is -2.20. The molecule has 0 bridgehead atoms. The van der Waals surface area contributed by atoms with E-state index in [1.165, 1.54) is 25.3 Å². The van der Waals surface area contributed by atoms with Crippen LogP contribution in [-0.4, -0.2) is 13.1 Å². The maximum Gasteiger partial charge on any atom is 0.416 e. The quantitative estimate of drug-likeness (QED) is 0.775. The number of carbonyl (C=O) groups excluding carboxylic acids is 1. The molecule has 1 heterocycles. The molecular weight excluding hydrogens is 261 g/mol. The molecule has 1 atom stereocenters. The van der Waals surface area contributed by atoms with Gasteiger partial charge in [0.1, 0.15) is 11.9 Å². The van der Waals surface area contributed by atoms with E-state index >= 15 is 0 Å². The highest BCUT2D eigenvalue weighted by molar-refractivity contribution is 5.83. The lowest BCUT2D eigenvalue weighted by Gasteiger charge is -2.25. The predicted octanol–water partition coefficient (Wildman–Crippen LogP) is 3.22. The Bertz CT molecular complexity index is 520. The van der Waals surface area contributed by atoms with Crippen LogP contribution in [0.2, 0.25) is 0 Å². The van der Waals surface area contributed by atoms with Crippen LogP contribution in [-0.2, 0) is 20.4 Å². The lowest BCUT2D eigenvalue weighted by molar-refractivity contribution is -0.149. The minimum absolute atomic E-state index is 0.0639. The zero-order valence-corrected chi connectivity index (χ0v) is 10.0. The molecule has 0 fully saturated rings. The molecule has 0 N–H and O–H groups in total. The van der Waals surface area contributed by atoms with Crippen LogP contribution < -0.4 is 0 Å². The van der Waals surface area contributed by atoms with Gasteiger partial charge in [0.05, 0.1) is 18.7 Å². The van der Waals surface area contributed by atoms with Crippen LogP contribution in [0.5, 0.6) is 0 Å². The van der Waals surface area contributed by atoms with E-state index in [4.69, 9.17) is 9.47 Å². The summed E-state index contributed by atoms with van der Waals surface area (Å²) in [5, 5.41) is 0. The molecule has 0 saturated carbocycles. The third-order valence-electron chi connectivity index (χ3n) is 2.80. The molecule has 0 aromatic heterocycles. The van der Waals surface area contributed by atoms with Crippen LogP contribution >= 0.6 is 0 Å². The van der Waals surface area contributed by atoms with Gasteiger partial charge in [0.15, 0.2) is 0 Å². The average Bonchev–Trinajstić information content (AvgIpc) is 2.37. The molecule has 102 valence electrons. The Balaban J connectivity index is 2.38. The van der Waals surface area contributed by atoms with Crippen molar-refractivity contribution in [3.05, 3.63) is 47.2 Å². The summed E-state index contributed by atoms with van der Waals surface area (Å²) in [6.07, 6.45) is -4.25.